The molecule has 0 spiro atoms. The van der Waals surface area contributed by atoms with Crippen LogP contribution in [0.3, 0.4) is 0 Å². The maximum atomic E-state index is 13.3. The largest absolute Gasteiger partial charge is 0.470 e. The number of piperazine rings is 1. The van der Waals surface area contributed by atoms with Crippen molar-refractivity contribution in [3.63, 3.8) is 0 Å². The minimum absolute atomic E-state index is 0.0146. The topological polar surface area (TPSA) is 60.7 Å². The van der Waals surface area contributed by atoms with Gasteiger partial charge in [-0.15, -0.1) is 5.10 Å². The monoisotopic (exact) mass is 505 g/mol. The van der Waals surface area contributed by atoms with Gasteiger partial charge >= 0.3 is 0 Å². The molecule has 3 rings (SSSR count). The van der Waals surface area contributed by atoms with E-state index in [0.717, 1.165) is 50.4 Å². The Bertz CT molecular complexity index is 968. The van der Waals surface area contributed by atoms with Crippen LogP contribution in [-0.4, -0.2) is 85.2 Å². The summed E-state index contributed by atoms with van der Waals surface area (Å²) < 4.78 is 45.4. The van der Waals surface area contributed by atoms with Crippen LogP contribution in [0.5, 0.6) is 0 Å². The predicted octanol–water partition coefficient (Wildman–Crippen LogP) is 3.64. The molecular weight excluding hydrogens is 472 g/mol. The van der Waals surface area contributed by atoms with Gasteiger partial charge in [0.15, 0.2) is 6.61 Å². The van der Waals surface area contributed by atoms with Crippen LogP contribution in [0, 0.1) is 0 Å². The number of benzene rings is 2. The van der Waals surface area contributed by atoms with Gasteiger partial charge in [-0.3, -0.25) is 4.31 Å². The third-order valence-electron chi connectivity index (χ3n) is 5.71. The summed E-state index contributed by atoms with van der Waals surface area (Å²) in [7, 11) is 0.931. The number of likely N-dealkylation sites (N-methyl/N-ethyl adjacent to an activating group) is 1. The van der Waals surface area contributed by atoms with Crippen LogP contribution >= 0.6 is 0 Å². The molecule has 2 aromatic rings. The molecule has 1 aliphatic rings. The summed E-state index contributed by atoms with van der Waals surface area (Å²) in [6, 6.07) is 16.8. The standard InChI is InChI=1S/C25H33F2N5O2S/c1-28-29-25(34-20-24(26)27)22-11-9-21(10-12-22)19-32(23-7-4-3-5-8-23)35(33)18-6-13-31-16-14-30(2)15-17-31/h3-5,7-12,24H,1,6,13-20H2,2H3/b29-25-. The van der Waals surface area contributed by atoms with E-state index in [2.05, 4.69) is 33.8 Å². The lowest BCUT2D eigenvalue weighted by atomic mass is 10.1. The fourth-order valence-corrected chi connectivity index (χ4v) is 5.01. The van der Waals surface area contributed by atoms with E-state index in [1.165, 1.54) is 0 Å². The van der Waals surface area contributed by atoms with E-state index in [1.54, 1.807) is 12.1 Å². The van der Waals surface area contributed by atoms with Gasteiger partial charge in [-0.1, -0.05) is 30.3 Å². The fourth-order valence-electron chi connectivity index (χ4n) is 3.76. The number of rotatable bonds is 12. The van der Waals surface area contributed by atoms with Crippen LogP contribution in [0.4, 0.5) is 14.5 Å². The fraction of sp³-hybridized carbons (Fsp3) is 0.440. The van der Waals surface area contributed by atoms with Crippen molar-refractivity contribution in [2.75, 3.05) is 56.4 Å². The maximum Gasteiger partial charge on any atom is 0.272 e. The first-order valence-electron chi connectivity index (χ1n) is 11.6. The zero-order valence-corrected chi connectivity index (χ0v) is 20.9. The van der Waals surface area contributed by atoms with Crippen molar-refractivity contribution in [2.24, 2.45) is 10.2 Å². The summed E-state index contributed by atoms with van der Waals surface area (Å²) in [5.74, 6) is 0.557. The van der Waals surface area contributed by atoms with Crippen LogP contribution in [0.15, 0.2) is 64.8 Å². The second-order valence-corrected chi connectivity index (χ2v) is 9.83. The van der Waals surface area contributed by atoms with Gasteiger partial charge in [0.2, 0.25) is 5.90 Å². The molecule has 1 unspecified atom stereocenters. The van der Waals surface area contributed by atoms with Crippen molar-refractivity contribution >= 4 is 29.3 Å². The highest BCUT2D eigenvalue weighted by atomic mass is 32.2. The Morgan fingerprint density at radius 1 is 1.11 bits per heavy atom. The van der Waals surface area contributed by atoms with Crippen LogP contribution < -0.4 is 4.31 Å². The molecule has 10 heteroatoms. The molecule has 1 heterocycles. The van der Waals surface area contributed by atoms with Crippen molar-refractivity contribution < 1.29 is 17.7 Å². The van der Waals surface area contributed by atoms with Crippen LogP contribution in [-0.2, 0) is 22.3 Å². The Morgan fingerprint density at radius 3 is 2.43 bits per heavy atom. The summed E-state index contributed by atoms with van der Waals surface area (Å²) >= 11 is 0. The minimum Gasteiger partial charge on any atom is -0.470 e. The summed E-state index contributed by atoms with van der Waals surface area (Å²) in [4.78, 5) is 4.75. The first-order valence-corrected chi connectivity index (χ1v) is 12.9. The summed E-state index contributed by atoms with van der Waals surface area (Å²) in [5.41, 5.74) is 2.32. The van der Waals surface area contributed by atoms with Crippen LogP contribution in [0.25, 0.3) is 0 Å². The lowest BCUT2D eigenvalue weighted by Gasteiger charge is -2.32. The van der Waals surface area contributed by atoms with Crippen molar-refractivity contribution in [3.8, 4) is 0 Å². The number of hydrogen-bond acceptors (Lipinski definition) is 6. The lowest BCUT2D eigenvalue weighted by molar-refractivity contribution is 0.0765. The Morgan fingerprint density at radius 2 is 1.80 bits per heavy atom. The molecule has 0 bridgehead atoms. The molecule has 190 valence electrons. The number of hydrogen-bond donors (Lipinski definition) is 0. The quantitative estimate of drug-likeness (QED) is 0.251. The number of halogens is 2. The van der Waals surface area contributed by atoms with Gasteiger partial charge in [0.1, 0.15) is 11.0 Å². The van der Waals surface area contributed by atoms with Gasteiger partial charge in [-0.25, -0.2) is 13.0 Å². The molecule has 1 saturated heterocycles. The van der Waals surface area contributed by atoms with Crippen molar-refractivity contribution in [1.82, 2.24) is 9.80 Å². The molecule has 2 aromatic carbocycles. The Hall–Kier alpha value is -2.69. The van der Waals surface area contributed by atoms with Gasteiger partial charge in [0.05, 0.1) is 6.54 Å². The molecule has 0 saturated carbocycles. The molecule has 0 aromatic heterocycles. The highest BCUT2D eigenvalue weighted by Gasteiger charge is 2.18. The number of nitrogens with zero attached hydrogens (tertiary/aromatic N) is 5. The Labute approximate surface area is 208 Å². The molecule has 1 fully saturated rings. The highest BCUT2D eigenvalue weighted by molar-refractivity contribution is 7.86. The van der Waals surface area contributed by atoms with Crippen molar-refractivity contribution in [3.05, 3.63) is 65.7 Å². The van der Waals surface area contributed by atoms with E-state index in [9.17, 15) is 13.0 Å². The minimum atomic E-state index is -2.62. The zero-order valence-electron chi connectivity index (χ0n) is 20.1. The molecule has 35 heavy (non-hydrogen) atoms. The number of ether oxygens (including phenoxy) is 1. The number of para-hydroxylation sites is 1. The molecule has 7 nitrogen and oxygen atoms in total. The van der Waals surface area contributed by atoms with E-state index in [0.29, 0.717) is 17.9 Å². The van der Waals surface area contributed by atoms with E-state index < -0.39 is 24.0 Å². The summed E-state index contributed by atoms with van der Waals surface area (Å²) in [6.45, 7) is 8.11. The first-order chi connectivity index (χ1) is 17.0. The van der Waals surface area contributed by atoms with E-state index in [1.807, 2.05) is 46.8 Å². The molecule has 1 atom stereocenters. The van der Waals surface area contributed by atoms with Crippen molar-refractivity contribution in [2.45, 2.75) is 19.4 Å². The molecule has 0 amide bonds. The van der Waals surface area contributed by atoms with Gasteiger partial charge in [0, 0.05) is 49.9 Å². The van der Waals surface area contributed by atoms with E-state index in [-0.39, 0.29) is 5.90 Å². The lowest BCUT2D eigenvalue weighted by Crippen LogP contribution is -2.45. The third kappa shape index (κ3) is 8.79. The molecular formula is C25H33F2N5O2S. The zero-order chi connectivity index (χ0) is 25.0. The smallest absolute Gasteiger partial charge is 0.272 e. The van der Waals surface area contributed by atoms with Gasteiger partial charge in [-0.2, -0.15) is 5.10 Å². The van der Waals surface area contributed by atoms with E-state index in [4.69, 9.17) is 4.74 Å². The molecule has 0 aliphatic carbocycles. The summed E-state index contributed by atoms with van der Waals surface area (Å²) in [6.07, 6.45) is -1.76. The van der Waals surface area contributed by atoms with Crippen LogP contribution in [0.2, 0.25) is 0 Å². The molecule has 0 N–H and O–H groups in total. The van der Waals surface area contributed by atoms with Crippen molar-refractivity contribution in [1.29, 1.82) is 0 Å². The number of alkyl halides is 2. The van der Waals surface area contributed by atoms with Gasteiger partial charge in [-0.05, 0) is 49.8 Å². The van der Waals surface area contributed by atoms with E-state index >= 15 is 0 Å². The van der Waals surface area contributed by atoms with Gasteiger partial charge in [0.25, 0.3) is 6.43 Å². The maximum absolute atomic E-state index is 13.3. The van der Waals surface area contributed by atoms with Crippen LogP contribution in [0.1, 0.15) is 17.5 Å². The average Bonchev–Trinajstić information content (AvgIpc) is 2.87. The predicted molar refractivity (Wildman–Crippen MR) is 139 cm³/mol. The first kappa shape index (κ1) is 26.9. The second kappa shape index (κ2) is 14.0. The Kier molecular flexibility index (Phi) is 10.8. The SMILES string of the molecule is C=N/N=C(\OCC(F)F)c1ccc(CN(c2ccccc2)S(=O)CCCN2CCN(C)CC2)cc1. The molecule has 0 radical (unpaired) electrons. The van der Waals surface area contributed by atoms with Gasteiger partial charge < -0.3 is 14.5 Å². The third-order valence-corrected chi connectivity index (χ3v) is 7.18. The second-order valence-electron chi connectivity index (χ2n) is 8.34. The highest BCUT2D eigenvalue weighted by Crippen LogP contribution is 2.20. The molecule has 1 aliphatic heterocycles. The normalized spacial score (nSPS) is 16.3. The Balaban J connectivity index is 1.65. The number of anilines is 1. The average molecular weight is 506 g/mol. The summed E-state index contributed by atoms with van der Waals surface area (Å²) in [5, 5.41) is 7.12.